The molecule has 2 fully saturated rings. The van der Waals surface area contributed by atoms with Crippen LogP contribution in [0.1, 0.15) is 55.8 Å². The Kier molecular flexibility index (Phi) is 3.15. The van der Waals surface area contributed by atoms with E-state index in [1.54, 1.807) is 0 Å². The van der Waals surface area contributed by atoms with Gasteiger partial charge in [0.2, 0.25) is 0 Å². The molecule has 0 aromatic carbocycles. The van der Waals surface area contributed by atoms with Gasteiger partial charge in [0.15, 0.2) is 0 Å². The summed E-state index contributed by atoms with van der Waals surface area (Å²) in [4.78, 5) is 4.62. The summed E-state index contributed by atoms with van der Waals surface area (Å²) in [6.07, 6.45) is 10.2. The molecule has 0 unspecified atom stereocenters. The standard InChI is InChI=1S/C15H22N2/c1-11-5-4-10-16-14(11)15(12-8-9-12)17-13-6-2-3-7-13/h4-5,10,12-13,15,17H,2-3,6-9H2,1H3/t15-/m0/s1. The van der Waals surface area contributed by atoms with E-state index in [1.807, 2.05) is 12.3 Å². The number of aryl methyl sites for hydroxylation is 1. The summed E-state index contributed by atoms with van der Waals surface area (Å²) in [6, 6.07) is 5.48. The molecule has 1 atom stereocenters. The van der Waals surface area contributed by atoms with Gasteiger partial charge in [-0.25, -0.2) is 0 Å². The van der Waals surface area contributed by atoms with Crippen molar-refractivity contribution in [3.05, 3.63) is 29.6 Å². The van der Waals surface area contributed by atoms with Gasteiger partial charge in [-0.05, 0) is 50.2 Å². The van der Waals surface area contributed by atoms with Gasteiger partial charge in [-0.1, -0.05) is 18.9 Å². The third-order valence-electron chi connectivity index (χ3n) is 4.21. The first-order valence-electron chi connectivity index (χ1n) is 7.02. The number of pyridine rings is 1. The van der Waals surface area contributed by atoms with Crippen LogP contribution in [-0.2, 0) is 0 Å². The highest BCUT2D eigenvalue weighted by molar-refractivity contribution is 5.23. The van der Waals surface area contributed by atoms with Crippen LogP contribution < -0.4 is 5.32 Å². The molecule has 92 valence electrons. The molecule has 2 aliphatic rings. The second-order valence-corrected chi connectivity index (χ2v) is 5.67. The third-order valence-corrected chi connectivity index (χ3v) is 4.21. The molecule has 0 saturated heterocycles. The lowest BCUT2D eigenvalue weighted by molar-refractivity contribution is 0.398. The van der Waals surface area contributed by atoms with Crippen LogP contribution in [0.25, 0.3) is 0 Å². The Bertz CT molecular complexity index is 378. The molecule has 2 aliphatic carbocycles. The van der Waals surface area contributed by atoms with E-state index in [1.165, 1.54) is 49.8 Å². The molecule has 1 heterocycles. The predicted molar refractivity (Wildman–Crippen MR) is 69.8 cm³/mol. The van der Waals surface area contributed by atoms with E-state index in [2.05, 4.69) is 23.3 Å². The topological polar surface area (TPSA) is 24.9 Å². The van der Waals surface area contributed by atoms with Crippen LogP contribution in [0, 0.1) is 12.8 Å². The molecule has 2 heteroatoms. The lowest BCUT2D eigenvalue weighted by atomic mass is 10.0. The fourth-order valence-corrected chi connectivity index (χ4v) is 3.04. The summed E-state index contributed by atoms with van der Waals surface area (Å²) in [5.41, 5.74) is 2.64. The van der Waals surface area contributed by atoms with Gasteiger partial charge in [-0.15, -0.1) is 0 Å². The second kappa shape index (κ2) is 4.77. The maximum atomic E-state index is 4.62. The molecule has 0 radical (unpaired) electrons. The minimum atomic E-state index is 0.513. The van der Waals surface area contributed by atoms with Crippen molar-refractivity contribution in [3.63, 3.8) is 0 Å². The van der Waals surface area contributed by atoms with E-state index >= 15 is 0 Å². The Morgan fingerprint density at radius 1 is 1.24 bits per heavy atom. The first-order chi connectivity index (χ1) is 8.34. The Morgan fingerprint density at radius 2 is 2.00 bits per heavy atom. The zero-order valence-corrected chi connectivity index (χ0v) is 10.7. The number of nitrogens with zero attached hydrogens (tertiary/aromatic N) is 1. The largest absolute Gasteiger partial charge is 0.306 e. The van der Waals surface area contributed by atoms with Crippen molar-refractivity contribution >= 4 is 0 Å². The number of rotatable bonds is 4. The minimum Gasteiger partial charge on any atom is -0.306 e. The van der Waals surface area contributed by atoms with Crippen molar-refractivity contribution < 1.29 is 0 Å². The normalized spacial score (nSPS) is 22.9. The summed E-state index contributed by atoms with van der Waals surface area (Å²) >= 11 is 0. The highest BCUT2D eigenvalue weighted by Gasteiger charge is 2.35. The summed E-state index contributed by atoms with van der Waals surface area (Å²) in [7, 11) is 0. The fraction of sp³-hybridized carbons (Fsp3) is 0.667. The monoisotopic (exact) mass is 230 g/mol. The minimum absolute atomic E-state index is 0.513. The third kappa shape index (κ3) is 2.52. The maximum Gasteiger partial charge on any atom is 0.0605 e. The van der Waals surface area contributed by atoms with Crippen LogP contribution in [0.2, 0.25) is 0 Å². The van der Waals surface area contributed by atoms with Gasteiger partial charge in [0.25, 0.3) is 0 Å². The lowest BCUT2D eigenvalue weighted by Gasteiger charge is -2.23. The van der Waals surface area contributed by atoms with E-state index in [0.717, 1.165) is 12.0 Å². The van der Waals surface area contributed by atoms with Crippen LogP contribution in [0.4, 0.5) is 0 Å². The molecule has 2 nitrogen and oxygen atoms in total. The van der Waals surface area contributed by atoms with E-state index in [9.17, 15) is 0 Å². The lowest BCUT2D eigenvalue weighted by Crippen LogP contribution is -2.32. The Labute approximate surface area is 104 Å². The number of hydrogen-bond acceptors (Lipinski definition) is 2. The zero-order chi connectivity index (χ0) is 11.7. The summed E-state index contributed by atoms with van der Waals surface area (Å²) in [6.45, 7) is 2.19. The summed E-state index contributed by atoms with van der Waals surface area (Å²) in [5, 5.41) is 3.87. The number of nitrogens with one attached hydrogen (secondary N) is 1. The Hall–Kier alpha value is -0.890. The SMILES string of the molecule is Cc1cccnc1[C@@H](NC1CCCC1)C1CC1. The molecule has 0 aliphatic heterocycles. The second-order valence-electron chi connectivity index (χ2n) is 5.67. The molecular weight excluding hydrogens is 208 g/mol. The van der Waals surface area contributed by atoms with Crippen molar-refractivity contribution in [2.45, 2.75) is 57.5 Å². The molecule has 0 bridgehead atoms. The van der Waals surface area contributed by atoms with Gasteiger partial charge < -0.3 is 5.32 Å². The molecule has 0 spiro atoms. The van der Waals surface area contributed by atoms with Gasteiger partial charge in [-0.3, -0.25) is 4.98 Å². The van der Waals surface area contributed by atoms with Gasteiger partial charge >= 0.3 is 0 Å². The fourth-order valence-electron chi connectivity index (χ4n) is 3.04. The van der Waals surface area contributed by atoms with Gasteiger partial charge in [-0.2, -0.15) is 0 Å². The smallest absolute Gasteiger partial charge is 0.0605 e. The molecule has 0 amide bonds. The van der Waals surface area contributed by atoms with Crippen molar-refractivity contribution in [2.75, 3.05) is 0 Å². The van der Waals surface area contributed by atoms with E-state index in [4.69, 9.17) is 0 Å². The molecule has 1 N–H and O–H groups in total. The van der Waals surface area contributed by atoms with Crippen LogP contribution in [0.5, 0.6) is 0 Å². The first kappa shape index (κ1) is 11.2. The van der Waals surface area contributed by atoms with Crippen molar-refractivity contribution in [1.82, 2.24) is 10.3 Å². The zero-order valence-electron chi connectivity index (χ0n) is 10.7. The molecule has 3 rings (SSSR count). The molecule has 1 aromatic heterocycles. The maximum absolute atomic E-state index is 4.62. The van der Waals surface area contributed by atoms with Crippen molar-refractivity contribution in [1.29, 1.82) is 0 Å². The average Bonchev–Trinajstić information content (AvgIpc) is 3.05. The van der Waals surface area contributed by atoms with E-state index < -0.39 is 0 Å². The van der Waals surface area contributed by atoms with Crippen LogP contribution >= 0.6 is 0 Å². The average molecular weight is 230 g/mol. The predicted octanol–water partition coefficient (Wildman–Crippen LogP) is 3.37. The number of hydrogen-bond donors (Lipinski definition) is 1. The quantitative estimate of drug-likeness (QED) is 0.857. The Balaban J connectivity index is 1.77. The van der Waals surface area contributed by atoms with Crippen molar-refractivity contribution in [2.24, 2.45) is 5.92 Å². The molecule has 17 heavy (non-hydrogen) atoms. The Morgan fingerprint density at radius 3 is 2.65 bits per heavy atom. The summed E-state index contributed by atoms with van der Waals surface area (Å²) < 4.78 is 0. The molecule has 1 aromatic rings. The van der Waals surface area contributed by atoms with Crippen LogP contribution in [-0.4, -0.2) is 11.0 Å². The highest BCUT2D eigenvalue weighted by atomic mass is 15.0. The van der Waals surface area contributed by atoms with Gasteiger partial charge in [0.05, 0.1) is 11.7 Å². The van der Waals surface area contributed by atoms with E-state index in [-0.39, 0.29) is 0 Å². The molecule has 2 saturated carbocycles. The molecular formula is C15H22N2. The summed E-state index contributed by atoms with van der Waals surface area (Å²) in [5.74, 6) is 0.837. The van der Waals surface area contributed by atoms with Crippen LogP contribution in [0.3, 0.4) is 0 Å². The van der Waals surface area contributed by atoms with E-state index in [0.29, 0.717) is 6.04 Å². The van der Waals surface area contributed by atoms with Gasteiger partial charge in [0.1, 0.15) is 0 Å². The highest BCUT2D eigenvalue weighted by Crippen LogP contribution is 2.42. The first-order valence-corrected chi connectivity index (χ1v) is 7.02. The van der Waals surface area contributed by atoms with Gasteiger partial charge in [0, 0.05) is 12.2 Å². The number of aromatic nitrogens is 1. The van der Waals surface area contributed by atoms with Crippen molar-refractivity contribution in [3.8, 4) is 0 Å². The van der Waals surface area contributed by atoms with Crippen LogP contribution in [0.15, 0.2) is 18.3 Å².